The number of piperazine rings is 1. The number of hydrogen-bond donors (Lipinski definition) is 3. The van der Waals surface area contributed by atoms with Crippen molar-refractivity contribution in [3.05, 3.63) is 0 Å². The van der Waals surface area contributed by atoms with Crippen LogP contribution in [0.1, 0.15) is 107 Å². The van der Waals surface area contributed by atoms with Crippen LogP contribution in [0.2, 0.25) is 0 Å². The zero-order valence-corrected chi connectivity index (χ0v) is 32.2. The smallest absolute Gasteiger partial charge is 0.221 e. The molecule has 2 atom stereocenters. The van der Waals surface area contributed by atoms with Crippen molar-refractivity contribution >= 4 is 39.2 Å². The van der Waals surface area contributed by atoms with Crippen molar-refractivity contribution in [3.63, 3.8) is 0 Å². The molecule has 0 saturated carbocycles. The molecule has 4 N–H and O–H groups in total. The van der Waals surface area contributed by atoms with Gasteiger partial charge in [0.2, 0.25) is 11.8 Å². The Kier molecular flexibility index (Phi) is 19.9. The molecule has 2 amide bonds. The number of Topliss-reactive ketones (excluding diaryl/α,β-unsaturated/α-hetero) is 1. The highest BCUT2D eigenvalue weighted by molar-refractivity contribution is 8.76. The molecule has 1 fully saturated rings. The van der Waals surface area contributed by atoms with Crippen LogP contribution in [-0.4, -0.2) is 115 Å². The Morgan fingerprint density at radius 1 is 0.804 bits per heavy atom. The van der Waals surface area contributed by atoms with Crippen molar-refractivity contribution in [2.45, 2.75) is 124 Å². The number of methoxy groups -OCH3 is 1. The Morgan fingerprint density at radius 2 is 1.35 bits per heavy atom. The van der Waals surface area contributed by atoms with Crippen LogP contribution in [0.5, 0.6) is 0 Å². The van der Waals surface area contributed by atoms with Gasteiger partial charge in [0.1, 0.15) is 0 Å². The summed E-state index contributed by atoms with van der Waals surface area (Å²) in [4.78, 5) is 42.5. The van der Waals surface area contributed by atoms with Crippen molar-refractivity contribution < 1.29 is 23.9 Å². The normalized spacial score (nSPS) is 17.7. The SMILES string of the molecule is CCC(C)(CC)CCC(=O)NCCSSCCNC(=O)CCN1CCN(C(C)(CC)CC(=O)C(C)(N)OCCC(C)(C)OC)CC1. The summed E-state index contributed by atoms with van der Waals surface area (Å²) in [5.74, 6) is 1.81. The number of carbonyl (C=O) groups is 3. The van der Waals surface area contributed by atoms with Crippen LogP contribution in [0.3, 0.4) is 0 Å². The number of hydrogen-bond acceptors (Lipinski definition) is 10. The van der Waals surface area contributed by atoms with Gasteiger partial charge >= 0.3 is 0 Å². The number of carbonyl (C=O) groups excluding carboxylic acids is 3. The van der Waals surface area contributed by atoms with Crippen LogP contribution in [-0.2, 0) is 23.9 Å². The summed E-state index contributed by atoms with van der Waals surface area (Å²) >= 11 is 0. The standard InChI is InChI=1S/C34H67N5O5S2/c1-10-32(6,11-2)15-13-29(41)36-17-25-45-46-26-18-37-30(42)14-19-38-20-22-39(23-21-38)33(7,12-3)27-28(40)34(8,35)44-24-16-31(4,5)43-9/h10-27,35H2,1-9H3,(H,36,41)(H,37,42). The van der Waals surface area contributed by atoms with Crippen molar-refractivity contribution in [2.24, 2.45) is 11.1 Å². The van der Waals surface area contributed by atoms with E-state index in [1.54, 1.807) is 35.6 Å². The topological polar surface area (TPSA) is 126 Å². The summed E-state index contributed by atoms with van der Waals surface area (Å²) in [7, 11) is 5.12. The average molecular weight is 690 g/mol. The first-order chi connectivity index (χ1) is 21.5. The van der Waals surface area contributed by atoms with Crippen molar-refractivity contribution in [3.8, 4) is 0 Å². The van der Waals surface area contributed by atoms with Gasteiger partial charge in [-0.15, -0.1) is 0 Å². The minimum Gasteiger partial charge on any atom is -0.379 e. The average Bonchev–Trinajstić information content (AvgIpc) is 3.03. The maximum atomic E-state index is 13.2. The number of rotatable bonds is 25. The van der Waals surface area contributed by atoms with Crippen LogP contribution in [0.25, 0.3) is 0 Å². The lowest BCUT2D eigenvalue weighted by atomic mass is 9.80. The molecule has 46 heavy (non-hydrogen) atoms. The van der Waals surface area contributed by atoms with Gasteiger partial charge in [-0.25, -0.2) is 0 Å². The zero-order chi connectivity index (χ0) is 34.9. The lowest BCUT2D eigenvalue weighted by Gasteiger charge is -2.46. The molecular formula is C34H67N5O5S2. The second-order valence-electron chi connectivity index (χ2n) is 14.1. The summed E-state index contributed by atoms with van der Waals surface area (Å²) in [6, 6.07) is 0. The van der Waals surface area contributed by atoms with Crippen LogP contribution in [0.4, 0.5) is 0 Å². The molecule has 0 bridgehead atoms. The zero-order valence-electron chi connectivity index (χ0n) is 30.6. The molecule has 0 spiro atoms. The molecule has 2 unspecified atom stereocenters. The van der Waals surface area contributed by atoms with E-state index in [1.165, 1.54) is 0 Å². The third-order valence-corrected chi connectivity index (χ3v) is 12.5. The van der Waals surface area contributed by atoms with Gasteiger partial charge in [-0.05, 0) is 52.4 Å². The van der Waals surface area contributed by atoms with Crippen molar-refractivity contribution in [1.29, 1.82) is 0 Å². The van der Waals surface area contributed by atoms with Gasteiger partial charge in [-0.3, -0.25) is 25.0 Å². The van der Waals surface area contributed by atoms with E-state index in [0.29, 0.717) is 45.4 Å². The summed E-state index contributed by atoms with van der Waals surface area (Å²) in [6.07, 6.45) is 6.01. The number of nitrogens with two attached hydrogens (primary N) is 1. The first-order valence-electron chi connectivity index (χ1n) is 17.3. The molecule has 0 aromatic heterocycles. The van der Waals surface area contributed by atoms with Gasteiger partial charge in [0.15, 0.2) is 11.5 Å². The third-order valence-electron chi connectivity index (χ3n) is 10.1. The molecule has 12 heteroatoms. The highest BCUT2D eigenvalue weighted by atomic mass is 33.1. The quantitative estimate of drug-likeness (QED) is 0.0696. The van der Waals surface area contributed by atoms with E-state index in [9.17, 15) is 14.4 Å². The van der Waals surface area contributed by atoms with Gasteiger partial charge in [0.25, 0.3) is 0 Å². The van der Waals surface area contributed by atoms with E-state index in [4.69, 9.17) is 15.2 Å². The summed E-state index contributed by atoms with van der Waals surface area (Å²) in [5.41, 5.74) is 4.61. The van der Waals surface area contributed by atoms with Gasteiger partial charge in [-0.2, -0.15) is 0 Å². The van der Waals surface area contributed by atoms with Crippen LogP contribution in [0.15, 0.2) is 0 Å². The predicted molar refractivity (Wildman–Crippen MR) is 194 cm³/mol. The van der Waals surface area contributed by atoms with Crippen molar-refractivity contribution in [1.82, 2.24) is 20.4 Å². The van der Waals surface area contributed by atoms with Crippen LogP contribution >= 0.6 is 21.6 Å². The molecule has 0 aliphatic carbocycles. The monoisotopic (exact) mass is 689 g/mol. The van der Waals surface area contributed by atoms with Gasteiger partial charge < -0.3 is 25.0 Å². The molecule has 10 nitrogen and oxygen atoms in total. The molecule has 1 heterocycles. The summed E-state index contributed by atoms with van der Waals surface area (Å²) in [5, 5.41) is 6.05. The third kappa shape index (κ3) is 16.5. The molecule has 1 rings (SSSR count). The number of ether oxygens (including phenoxy) is 2. The second-order valence-corrected chi connectivity index (χ2v) is 16.8. The van der Waals surface area contributed by atoms with Crippen molar-refractivity contribution in [2.75, 3.05) is 71.0 Å². The Morgan fingerprint density at radius 3 is 1.85 bits per heavy atom. The maximum absolute atomic E-state index is 13.2. The second kappa shape index (κ2) is 21.3. The van der Waals surface area contributed by atoms with E-state index < -0.39 is 5.72 Å². The number of ketones is 1. The predicted octanol–water partition coefficient (Wildman–Crippen LogP) is 4.85. The molecule has 0 radical (unpaired) electrons. The molecule has 1 aliphatic heterocycles. The highest BCUT2D eigenvalue weighted by Gasteiger charge is 2.40. The van der Waals surface area contributed by atoms with Crippen LogP contribution in [0, 0.1) is 5.41 Å². The largest absolute Gasteiger partial charge is 0.379 e. The molecular weight excluding hydrogens is 623 g/mol. The Hall–Kier alpha value is -0.890. The van der Waals surface area contributed by atoms with Crippen LogP contribution < -0.4 is 16.4 Å². The number of nitrogens with one attached hydrogen (secondary N) is 2. The fraction of sp³-hybridized carbons (Fsp3) is 0.912. The first kappa shape index (κ1) is 43.1. The summed E-state index contributed by atoms with van der Waals surface area (Å²) in [6.45, 7) is 22.3. The Balaban J connectivity index is 2.24. The minimum absolute atomic E-state index is 0.0755. The number of amides is 2. The Labute approximate surface area is 288 Å². The molecule has 0 aromatic rings. The van der Waals surface area contributed by atoms with Gasteiger partial charge in [0.05, 0.1) is 12.2 Å². The van der Waals surface area contributed by atoms with E-state index in [-0.39, 0.29) is 34.2 Å². The number of nitrogens with zero attached hydrogens (tertiary/aromatic N) is 2. The maximum Gasteiger partial charge on any atom is 0.221 e. The molecule has 1 saturated heterocycles. The molecule has 270 valence electrons. The van der Waals surface area contributed by atoms with E-state index in [0.717, 1.165) is 69.9 Å². The van der Waals surface area contributed by atoms with E-state index in [1.807, 2.05) is 13.8 Å². The lowest BCUT2D eigenvalue weighted by Crippen LogP contribution is -2.59. The highest BCUT2D eigenvalue weighted by Crippen LogP contribution is 2.31. The first-order valence-corrected chi connectivity index (χ1v) is 19.8. The van der Waals surface area contributed by atoms with E-state index in [2.05, 4.69) is 55.1 Å². The molecule has 1 aliphatic rings. The van der Waals surface area contributed by atoms with Gasteiger partial charge in [0, 0.05) is 89.2 Å². The van der Waals surface area contributed by atoms with E-state index >= 15 is 0 Å². The lowest BCUT2D eigenvalue weighted by molar-refractivity contribution is -0.147. The Bertz CT molecular complexity index is 910. The molecule has 0 aromatic carbocycles. The minimum atomic E-state index is -1.34. The fourth-order valence-corrected chi connectivity index (χ4v) is 7.04. The van der Waals surface area contributed by atoms with Gasteiger partial charge in [-0.1, -0.05) is 62.1 Å². The summed E-state index contributed by atoms with van der Waals surface area (Å²) < 4.78 is 11.3. The fourth-order valence-electron chi connectivity index (χ4n) is 5.22.